The Morgan fingerprint density at radius 1 is 1.12 bits per heavy atom. The SMILES string of the molecule is N[C@@H](Cc1c[nH]c2ccccc12)C(=O)N(Cc1ccccc1)C1CC1. The van der Waals surface area contributed by atoms with Crippen LogP contribution in [0.3, 0.4) is 0 Å². The fraction of sp³-hybridized carbons (Fsp3) is 0.286. The van der Waals surface area contributed by atoms with Crippen molar-refractivity contribution in [3.63, 3.8) is 0 Å². The van der Waals surface area contributed by atoms with E-state index >= 15 is 0 Å². The summed E-state index contributed by atoms with van der Waals surface area (Å²) in [6.45, 7) is 0.645. The predicted octanol–water partition coefficient (Wildman–Crippen LogP) is 3.23. The minimum absolute atomic E-state index is 0.0524. The van der Waals surface area contributed by atoms with Crippen LogP contribution < -0.4 is 5.73 Å². The van der Waals surface area contributed by atoms with Crippen LogP contribution in [0.15, 0.2) is 60.8 Å². The molecule has 0 spiro atoms. The molecule has 3 N–H and O–H groups in total. The van der Waals surface area contributed by atoms with Crippen LogP contribution in [0.4, 0.5) is 0 Å². The first-order valence-electron chi connectivity index (χ1n) is 8.87. The Labute approximate surface area is 147 Å². The van der Waals surface area contributed by atoms with Crippen molar-refractivity contribution >= 4 is 16.8 Å². The van der Waals surface area contributed by atoms with E-state index < -0.39 is 6.04 Å². The number of hydrogen-bond acceptors (Lipinski definition) is 2. The molecule has 1 aliphatic rings. The highest BCUT2D eigenvalue weighted by Gasteiger charge is 2.34. The van der Waals surface area contributed by atoms with Crippen LogP contribution in [0, 0.1) is 0 Å². The Morgan fingerprint density at radius 2 is 1.84 bits per heavy atom. The first kappa shape index (κ1) is 15.9. The maximum Gasteiger partial charge on any atom is 0.240 e. The van der Waals surface area contributed by atoms with Gasteiger partial charge in [-0.1, -0.05) is 48.5 Å². The molecular weight excluding hydrogens is 310 g/mol. The number of amides is 1. The van der Waals surface area contributed by atoms with Crippen LogP contribution in [0.5, 0.6) is 0 Å². The van der Waals surface area contributed by atoms with Gasteiger partial charge >= 0.3 is 0 Å². The molecule has 3 aromatic rings. The summed E-state index contributed by atoms with van der Waals surface area (Å²) in [4.78, 5) is 18.2. The molecule has 4 heteroatoms. The van der Waals surface area contributed by atoms with Gasteiger partial charge in [0.1, 0.15) is 0 Å². The van der Waals surface area contributed by atoms with Crippen molar-refractivity contribution in [3.05, 3.63) is 71.9 Å². The Balaban J connectivity index is 1.50. The van der Waals surface area contributed by atoms with Gasteiger partial charge in [0.15, 0.2) is 0 Å². The summed E-state index contributed by atoms with van der Waals surface area (Å²) < 4.78 is 0. The summed E-state index contributed by atoms with van der Waals surface area (Å²) in [6, 6.07) is 18.1. The molecule has 1 atom stereocenters. The van der Waals surface area contributed by atoms with Crippen molar-refractivity contribution in [2.75, 3.05) is 0 Å². The maximum atomic E-state index is 13.0. The first-order valence-corrected chi connectivity index (χ1v) is 8.87. The summed E-state index contributed by atoms with van der Waals surface area (Å²) in [6.07, 6.45) is 4.69. The van der Waals surface area contributed by atoms with E-state index in [0.29, 0.717) is 19.0 Å². The Hall–Kier alpha value is -2.59. The minimum Gasteiger partial charge on any atom is -0.361 e. The van der Waals surface area contributed by atoms with E-state index in [1.807, 2.05) is 47.5 Å². The lowest BCUT2D eigenvalue weighted by molar-refractivity contribution is -0.133. The van der Waals surface area contributed by atoms with Gasteiger partial charge in [-0.05, 0) is 36.5 Å². The number of carbonyl (C=O) groups excluding carboxylic acids is 1. The normalized spacial score (nSPS) is 15.2. The second kappa shape index (κ2) is 6.73. The summed E-state index contributed by atoms with van der Waals surface area (Å²) in [5.74, 6) is 0.0524. The van der Waals surface area contributed by atoms with E-state index in [0.717, 1.165) is 34.9 Å². The zero-order chi connectivity index (χ0) is 17.2. The van der Waals surface area contributed by atoms with E-state index in [2.05, 4.69) is 23.2 Å². The summed E-state index contributed by atoms with van der Waals surface area (Å²) in [5, 5.41) is 1.15. The molecule has 1 amide bonds. The van der Waals surface area contributed by atoms with Crippen molar-refractivity contribution in [3.8, 4) is 0 Å². The number of aromatic amines is 1. The fourth-order valence-corrected chi connectivity index (χ4v) is 3.39. The highest BCUT2D eigenvalue weighted by molar-refractivity contribution is 5.86. The lowest BCUT2D eigenvalue weighted by Crippen LogP contribution is -2.45. The second-order valence-corrected chi connectivity index (χ2v) is 6.85. The molecule has 0 radical (unpaired) electrons. The number of nitrogens with zero attached hydrogens (tertiary/aromatic N) is 1. The second-order valence-electron chi connectivity index (χ2n) is 6.85. The molecule has 128 valence electrons. The zero-order valence-electron chi connectivity index (χ0n) is 14.2. The molecule has 25 heavy (non-hydrogen) atoms. The number of aromatic nitrogens is 1. The van der Waals surface area contributed by atoms with Gasteiger partial charge < -0.3 is 15.6 Å². The third-order valence-electron chi connectivity index (χ3n) is 4.90. The third-order valence-corrected chi connectivity index (χ3v) is 4.90. The van der Waals surface area contributed by atoms with Crippen molar-refractivity contribution in [2.45, 2.75) is 37.9 Å². The average molecular weight is 333 g/mol. The Kier molecular flexibility index (Phi) is 4.28. The van der Waals surface area contributed by atoms with E-state index in [9.17, 15) is 4.79 Å². The van der Waals surface area contributed by atoms with E-state index in [-0.39, 0.29) is 5.91 Å². The zero-order valence-corrected chi connectivity index (χ0v) is 14.2. The molecule has 0 aliphatic heterocycles. The molecule has 2 aromatic carbocycles. The van der Waals surface area contributed by atoms with Gasteiger partial charge in [0, 0.05) is 29.7 Å². The smallest absolute Gasteiger partial charge is 0.240 e. The molecule has 0 unspecified atom stereocenters. The van der Waals surface area contributed by atoms with Crippen molar-refractivity contribution < 1.29 is 4.79 Å². The molecule has 1 fully saturated rings. The number of rotatable bonds is 6. The topological polar surface area (TPSA) is 62.1 Å². The van der Waals surface area contributed by atoms with Crippen LogP contribution in [0.2, 0.25) is 0 Å². The minimum atomic E-state index is -0.511. The summed E-state index contributed by atoms with van der Waals surface area (Å²) >= 11 is 0. The number of hydrogen-bond donors (Lipinski definition) is 2. The van der Waals surface area contributed by atoms with Crippen LogP contribution in [-0.2, 0) is 17.8 Å². The van der Waals surface area contributed by atoms with Crippen molar-refractivity contribution in [2.24, 2.45) is 5.73 Å². The molecule has 1 saturated carbocycles. The van der Waals surface area contributed by atoms with Gasteiger partial charge in [-0.2, -0.15) is 0 Å². The molecular formula is C21H23N3O. The molecule has 4 rings (SSSR count). The third kappa shape index (κ3) is 3.44. The molecule has 0 saturated heterocycles. The number of benzene rings is 2. The number of carbonyl (C=O) groups is 1. The van der Waals surface area contributed by atoms with Gasteiger partial charge in [-0.15, -0.1) is 0 Å². The summed E-state index contributed by atoms with van der Waals surface area (Å²) in [5.41, 5.74) is 9.66. The highest BCUT2D eigenvalue weighted by Crippen LogP contribution is 2.29. The predicted molar refractivity (Wildman–Crippen MR) is 100.0 cm³/mol. The standard InChI is InChI=1S/C21H23N3O/c22-19(12-16-13-23-20-9-5-4-8-18(16)20)21(25)24(17-10-11-17)14-15-6-2-1-3-7-15/h1-9,13,17,19,23H,10-12,14,22H2/t19-/m0/s1. The number of para-hydroxylation sites is 1. The van der Waals surface area contributed by atoms with Gasteiger partial charge in [0.2, 0.25) is 5.91 Å². The number of nitrogens with two attached hydrogens (primary N) is 1. The Morgan fingerprint density at radius 3 is 2.60 bits per heavy atom. The van der Waals surface area contributed by atoms with E-state index in [1.54, 1.807) is 0 Å². The van der Waals surface area contributed by atoms with E-state index in [4.69, 9.17) is 5.73 Å². The molecule has 1 aromatic heterocycles. The number of nitrogens with one attached hydrogen (secondary N) is 1. The number of fused-ring (bicyclic) bond motifs is 1. The van der Waals surface area contributed by atoms with Gasteiger partial charge in [-0.3, -0.25) is 4.79 Å². The van der Waals surface area contributed by atoms with Gasteiger partial charge in [-0.25, -0.2) is 0 Å². The summed E-state index contributed by atoms with van der Waals surface area (Å²) in [7, 11) is 0. The van der Waals surface area contributed by atoms with Crippen molar-refractivity contribution in [1.29, 1.82) is 0 Å². The van der Waals surface area contributed by atoms with Crippen LogP contribution in [0.1, 0.15) is 24.0 Å². The Bertz CT molecular complexity index is 867. The molecule has 4 nitrogen and oxygen atoms in total. The molecule has 1 aliphatic carbocycles. The fourth-order valence-electron chi connectivity index (χ4n) is 3.39. The average Bonchev–Trinajstić information content (AvgIpc) is 3.42. The van der Waals surface area contributed by atoms with Crippen molar-refractivity contribution in [1.82, 2.24) is 9.88 Å². The maximum absolute atomic E-state index is 13.0. The molecule has 0 bridgehead atoms. The quantitative estimate of drug-likeness (QED) is 0.727. The van der Waals surface area contributed by atoms with Crippen LogP contribution >= 0.6 is 0 Å². The first-order chi connectivity index (χ1) is 12.2. The largest absolute Gasteiger partial charge is 0.361 e. The van der Waals surface area contributed by atoms with Gasteiger partial charge in [0.25, 0.3) is 0 Å². The highest BCUT2D eigenvalue weighted by atomic mass is 16.2. The van der Waals surface area contributed by atoms with E-state index in [1.165, 1.54) is 0 Å². The van der Waals surface area contributed by atoms with Gasteiger partial charge in [0.05, 0.1) is 6.04 Å². The lowest BCUT2D eigenvalue weighted by atomic mass is 10.0. The lowest BCUT2D eigenvalue weighted by Gasteiger charge is -2.26. The monoisotopic (exact) mass is 333 g/mol. The number of H-pyrrole nitrogens is 1. The molecule has 1 heterocycles. The van der Waals surface area contributed by atoms with Crippen LogP contribution in [0.25, 0.3) is 10.9 Å². The van der Waals surface area contributed by atoms with Crippen LogP contribution in [-0.4, -0.2) is 27.9 Å².